The van der Waals surface area contributed by atoms with Crippen molar-refractivity contribution in [2.45, 2.75) is 9.92 Å². The molecule has 0 amide bonds. The first kappa shape index (κ1) is 12.0. The van der Waals surface area contributed by atoms with Crippen LogP contribution in [-0.2, 0) is 0 Å². The van der Waals surface area contributed by atoms with E-state index in [2.05, 4.69) is 4.98 Å². The summed E-state index contributed by atoms with van der Waals surface area (Å²) in [6.45, 7) is 0. The second-order valence-corrected chi connectivity index (χ2v) is 5.11. The summed E-state index contributed by atoms with van der Waals surface area (Å²) in [7, 11) is 0. The van der Waals surface area contributed by atoms with E-state index in [1.165, 1.54) is 24.0 Å². The van der Waals surface area contributed by atoms with E-state index >= 15 is 0 Å². The highest BCUT2D eigenvalue weighted by molar-refractivity contribution is 7.99. The zero-order valence-corrected chi connectivity index (χ0v) is 10.7. The number of hydrogen-bond acceptors (Lipinski definition) is 3. The molecule has 3 rings (SSSR count). The smallest absolute Gasteiger partial charge is 0.141 e. The molecule has 2 aromatic carbocycles. The van der Waals surface area contributed by atoms with Crippen LogP contribution >= 0.6 is 11.8 Å². The molecule has 1 aromatic heterocycles. The van der Waals surface area contributed by atoms with Crippen molar-refractivity contribution in [3.05, 3.63) is 60.5 Å². The minimum Gasteiger partial charge on any atom is -0.507 e. The molecule has 2 nitrogen and oxygen atoms in total. The van der Waals surface area contributed by atoms with E-state index in [-0.39, 0.29) is 11.6 Å². The Balaban J connectivity index is 2.06. The van der Waals surface area contributed by atoms with Crippen LogP contribution in [-0.4, -0.2) is 10.1 Å². The lowest BCUT2D eigenvalue weighted by Gasteiger charge is -2.07. The van der Waals surface area contributed by atoms with E-state index in [1.807, 2.05) is 30.3 Å². The van der Waals surface area contributed by atoms with Gasteiger partial charge in [0.15, 0.2) is 0 Å². The maximum absolute atomic E-state index is 12.8. The third-order valence-corrected chi connectivity index (χ3v) is 3.80. The maximum atomic E-state index is 12.8. The number of phenols is 1. The summed E-state index contributed by atoms with van der Waals surface area (Å²) in [5.74, 6) is -0.0908. The van der Waals surface area contributed by atoms with E-state index in [0.29, 0.717) is 0 Å². The molecular formula is C15H10FNOS. The van der Waals surface area contributed by atoms with Gasteiger partial charge in [0.1, 0.15) is 16.6 Å². The monoisotopic (exact) mass is 271 g/mol. The van der Waals surface area contributed by atoms with E-state index < -0.39 is 0 Å². The summed E-state index contributed by atoms with van der Waals surface area (Å²) < 4.78 is 12.8. The summed E-state index contributed by atoms with van der Waals surface area (Å²) in [5.41, 5.74) is 0. The molecule has 0 aliphatic rings. The largest absolute Gasteiger partial charge is 0.507 e. The summed E-state index contributed by atoms with van der Waals surface area (Å²) in [6, 6.07) is 14.1. The second kappa shape index (κ2) is 4.90. The molecule has 0 atom stereocenters. The minimum atomic E-state index is -0.347. The first-order chi connectivity index (χ1) is 9.24. The Bertz CT molecular complexity index is 728. The molecule has 3 aromatic rings. The average molecular weight is 271 g/mol. The van der Waals surface area contributed by atoms with Crippen LogP contribution in [0.15, 0.2) is 64.6 Å². The number of nitrogens with zero attached hydrogens (tertiary/aromatic N) is 1. The van der Waals surface area contributed by atoms with Crippen molar-refractivity contribution in [1.82, 2.24) is 4.98 Å². The second-order valence-electron chi connectivity index (χ2n) is 4.05. The normalized spacial score (nSPS) is 10.8. The quantitative estimate of drug-likeness (QED) is 0.757. The number of phenolic OH excluding ortho intramolecular Hbond substituents is 1. The predicted molar refractivity (Wildman–Crippen MR) is 73.9 cm³/mol. The van der Waals surface area contributed by atoms with Gasteiger partial charge < -0.3 is 5.11 Å². The molecule has 94 valence electrons. The molecular weight excluding hydrogens is 261 g/mol. The number of hydrogen-bond donors (Lipinski definition) is 1. The van der Waals surface area contributed by atoms with E-state index in [4.69, 9.17) is 0 Å². The number of halogens is 1. The summed E-state index contributed by atoms with van der Waals surface area (Å²) in [5, 5.41) is 12.3. The molecule has 0 saturated heterocycles. The van der Waals surface area contributed by atoms with E-state index in [9.17, 15) is 9.50 Å². The van der Waals surface area contributed by atoms with Gasteiger partial charge in [-0.2, -0.15) is 0 Å². The van der Waals surface area contributed by atoms with Gasteiger partial charge in [0.05, 0.1) is 6.20 Å². The molecule has 0 aliphatic heterocycles. The van der Waals surface area contributed by atoms with Gasteiger partial charge in [-0.25, -0.2) is 9.37 Å². The van der Waals surface area contributed by atoms with Gasteiger partial charge in [-0.1, -0.05) is 36.0 Å². The number of fused-ring (bicyclic) bond motifs is 1. The van der Waals surface area contributed by atoms with Crippen molar-refractivity contribution in [3.8, 4) is 5.75 Å². The van der Waals surface area contributed by atoms with Crippen molar-refractivity contribution < 1.29 is 9.50 Å². The molecule has 0 unspecified atom stereocenters. The molecule has 0 fully saturated rings. The topological polar surface area (TPSA) is 33.1 Å². The van der Waals surface area contributed by atoms with Gasteiger partial charge >= 0.3 is 0 Å². The summed E-state index contributed by atoms with van der Waals surface area (Å²) >= 11 is 1.45. The van der Waals surface area contributed by atoms with Gasteiger partial charge in [-0.15, -0.1) is 0 Å². The van der Waals surface area contributed by atoms with Crippen LogP contribution in [0.1, 0.15) is 0 Å². The van der Waals surface area contributed by atoms with Crippen LogP contribution in [0.3, 0.4) is 0 Å². The molecule has 0 spiro atoms. The minimum absolute atomic E-state index is 0.256. The molecule has 0 aliphatic carbocycles. The number of benzene rings is 2. The molecule has 19 heavy (non-hydrogen) atoms. The van der Waals surface area contributed by atoms with Gasteiger partial charge in [0.25, 0.3) is 0 Å². The summed E-state index contributed by atoms with van der Waals surface area (Å²) in [6.07, 6.45) is 1.20. The molecule has 0 radical (unpaired) electrons. The van der Waals surface area contributed by atoms with Crippen LogP contribution in [0.4, 0.5) is 4.39 Å². The zero-order chi connectivity index (χ0) is 13.2. The van der Waals surface area contributed by atoms with Crippen molar-refractivity contribution in [3.63, 3.8) is 0 Å². The Labute approximate surface area is 113 Å². The fourth-order valence-electron chi connectivity index (χ4n) is 1.88. The highest BCUT2D eigenvalue weighted by Gasteiger charge is 2.07. The van der Waals surface area contributed by atoms with Crippen LogP contribution in [0.25, 0.3) is 10.8 Å². The third-order valence-electron chi connectivity index (χ3n) is 2.78. The first-order valence-electron chi connectivity index (χ1n) is 5.74. The average Bonchev–Trinajstić information content (AvgIpc) is 2.45. The number of aromatic hydroxyl groups is 1. The molecule has 4 heteroatoms. The molecule has 0 saturated carbocycles. The molecule has 1 N–H and O–H groups in total. The predicted octanol–water partition coefficient (Wildman–Crippen LogP) is 4.23. The van der Waals surface area contributed by atoms with Crippen LogP contribution in [0.5, 0.6) is 5.75 Å². The van der Waals surface area contributed by atoms with Gasteiger partial charge in [-0.3, -0.25) is 0 Å². The van der Waals surface area contributed by atoms with Crippen LogP contribution in [0, 0.1) is 5.82 Å². The van der Waals surface area contributed by atoms with Gasteiger partial charge in [0.2, 0.25) is 0 Å². The Morgan fingerprint density at radius 1 is 0.947 bits per heavy atom. The third kappa shape index (κ3) is 2.39. The summed E-state index contributed by atoms with van der Waals surface area (Å²) in [4.78, 5) is 5.01. The Morgan fingerprint density at radius 2 is 1.74 bits per heavy atom. The number of rotatable bonds is 2. The van der Waals surface area contributed by atoms with Gasteiger partial charge in [0, 0.05) is 10.3 Å². The van der Waals surface area contributed by atoms with Crippen LogP contribution < -0.4 is 0 Å². The highest BCUT2D eigenvalue weighted by Crippen LogP contribution is 2.36. The lowest BCUT2D eigenvalue weighted by molar-refractivity contribution is 0.481. The SMILES string of the molecule is Oc1ccc(Sc2ccc(F)cn2)c2ccccc12. The fraction of sp³-hybridized carbons (Fsp3) is 0. The van der Waals surface area contributed by atoms with E-state index in [1.54, 1.807) is 12.1 Å². The molecule has 0 bridgehead atoms. The standard InChI is InChI=1S/C15H10FNOS/c16-10-5-8-15(17-9-10)19-14-7-6-13(18)11-3-1-2-4-12(11)14/h1-9,18H. The first-order valence-corrected chi connectivity index (χ1v) is 6.56. The lowest BCUT2D eigenvalue weighted by Crippen LogP contribution is -1.83. The highest BCUT2D eigenvalue weighted by atomic mass is 32.2. The van der Waals surface area contributed by atoms with Crippen molar-refractivity contribution in [2.24, 2.45) is 0 Å². The Morgan fingerprint density at radius 3 is 2.47 bits per heavy atom. The number of pyridine rings is 1. The Kier molecular flexibility index (Phi) is 3.09. The van der Waals surface area contributed by atoms with Gasteiger partial charge in [-0.05, 0) is 29.7 Å². The van der Waals surface area contributed by atoms with Crippen molar-refractivity contribution in [1.29, 1.82) is 0 Å². The fourth-order valence-corrected chi connectivity index (χ4v) is 2.77. The van der Waals surface area contributed by atoms with Crippen LogP contribution in [0.2, 0.25) is 0 Å². The molecule has 1 heterocycles. The van der Waals surface area contributed by atoms with Crippen molar-refractivity contribution in [2.75, 3.05) is 0 Å². The number of aromatic nitrogens is 1. The lowest BCUT2D eigenvalue weighted by atomic mass is 10.1. The van der Waals surface area contributed by atoms with E-state index in [0.717, 1.165) is 20.7 Å². The maximum Gasteiger partial charge on any atom is 0.141 e. The van der Waals surface area contributed by atoms with Crippen molar-refractivity contribution >= 4 is 22.5 Å². The zero-order valence-electron chi connectivity index (χ0n) is 9.88. The Hall–Kier alpha value is -2.07.